The lowest BCUT2D eigenvalue weighted by Crippen LogP contribution is -1.94. The highest BCUT2D eigenvalue weighted by Gasteiger charge is 2.38. The summed E-state index contributed by atoms with van der Waals surface area (Å²) < 4.78 is 11.7. The normalized spacial score (nSPS) is 23.0. The fourth-order valence-electron chi connectivity index (χ4n) is 1.95. The summed E-state index contributed by atoms with van der Waals surface area (Å²) in [5, 5.41) is 1.07. The van der Waals surface area contributed by atoms with Crippen LogP contribution in [0.2, 0.25) is 0 Å². The van der Waals surface area contributed by atoms with Crippen molar-refractivity contribution in [1.29, 1.82) is 0 Å². The topological polar surface area (TPSA) is 18.5 Å². The Morgan fingerprint density at radius 2 is 1.88 bits per heavy atom. The molecule has 0 amide bonds. The SMILES string of the molecule is COc1cc(Br)c(C2CC2CBr)cc1OC. The highest BCUT2D eigenvalue weighted by molar-refractivity contribution is 9.10. The van der Waals surface area contributed by atoms with Crippen LogP contribution in [0.25, 0.3) is 0 Å². The van der Waals surface area contributed by atoms with Crippen LogP contribution >= 0.6 is 31.9 Å². The Morgan fingerprint density at radius 3 is 2.38 bits per heavy atom. The van der Waals surface area contributed by atoms with Crippen LogP contribution in [0, 0.1) is 5.92 Å². The summed E-state index contributed by atoms with van der Waals surface area (Å²) in [6.07, 6.45) is 1.25. The third kappa shape index (κ3) is 2.23. The van der Waals surface area contributed by atoms with E-state index in [4.69, 9.17) is 9.47 Å². The molecule has 0 radical (unpaired) electrons. The zero-order chi connectivity index (χ0) is 11.7. The van der Waals surface area contributed by atoms with Gasteiger partial charge in [0.15, 0.2) is 11.5 Å². The Balaban J connectivity index is 2.32. The average Bonchev–Trinajstić information content (AvgIpc) is 3.07. The van der Waals surface area contributed by atoms with Gasteiger partial charge >= 0.3 is 0 Å². The van der Waals surface area contributed by atoms with Crippen molar-refractivity contribution >= 4 is 31.9 Å². The predicted octanol–water partition coefficient (Wildman–Crippen LogP) is 3.96. The molecule has 1 saturated carbocycles. The standard InChI is InChI=1S/C12H14Br2O2/c1-15-11-4-9(8-3-7(8)6-13)10(14)5-12(11)16-2/h4-5,7-8H,3,6H2,1-2H3. The van der Waals surface area contributed by atoms with E-state index in [0.717, 1.165) is 27.2 Å². The Labute approximate surface area is 113 Å². The fourth-order valence-corrected chi connectivity index (χ4v) is 3.29. The van der Waals surface area contributed by atoms with Crippen molar-refractivity contribution in [2.45, 2.75) is 12.3 Å². The van der Waals surface area contributed by atoms with Crippen LogP contribution in [0.3, 0.4) is 0 Å². The zero-order valence-electron chi connectivity index (χ0n) is 9.30. The smallest absolute Gasteiger partial charge is 0.161 e. The summed E-state index contributed by atoms with van der Waals surface area (Å²) in [6.45, 7) is 0. The number of hydrogen-bond donors (Lipinski definition) is 0. The Kier molecular flexibility index (Phi) is 3.80. The zero-order valence-corrected chi connectivity index (χ0v) is 12.5. The van der Waals surface area contributed by atoms with Crippen molar-refractivity contribution in [3.63, 3.8) is 0 Å². The van der Waals surface area contributed by atoms with Crippen LogP contribution < -0.4 is 9.47 Å². The number of rotatable bonds is 4. The molecule has 0 aliphatic heterocycles. The molecule has 1 aromatic rings. The predicted molar refractivity (Wildman–Crippen MR) is 71.9 cm³/mol. The molecule has 1 aromatic carbocycles. The lowest BCUT2D eigenvalue weighted by molar-refractivity contribution is 0.354. The third-order valence-corrected chi connectivity index (χ3v) is 4.54. The van der Waals surface area contributed by atoms with Gasteiger partial charge in [-0.25, -0.2) is 0 Å². The maximum absolute atomic E-state index is 5.32. The summed E-state index contributed by atoms with van der Waals surface area (Å²) in [4.78, 5) is 0. The number of benzene rings is 1. The van der Waals surface area contributed by atoms with E-state index >= 15 is 0 Å². The molecule has 1 aliphatic carbocycles. The fraction of sp³-hybridized carbons (Fsp3) is 0.500. The van der Waals surface area contributed by atoms with E-state index < -0.39 is 0 Å². The Hall–Kier alpha value is -0.220. The highest BCUT2D eigenvalue weighted by atomic mass is 79.9. The minimum absolute atomic E-state index is 0.647. The number of methoxy groups -OCH3 is 2. The summed E-state index contributed by atoms with van der Waals surface area (Å²) in [7, 11) is 3.33. The number of halogens is 2. The number of ether oxygens (including phenoxy) is 2. The number of hydrogen-bond acceptors (Lipinski definition) is 2. The minimum atomic E-state index is 0.647. The quantitative estimate of drug-likeness (QED) is 0.766. The van der Waals surface area contributed by atoms with Gasteiger partial charge in [0.1, 0.15) is 0 Å². The summed E-state index contributed by atoms with van der Waals surface area (Å²) in [6, 6.07) is 4.06. The molecule has 2 atom stereocenters. The van der Waals surface area contributed by atoms with Gasteiger partial charge in [-0.15, -0.1) is 0 Å². The van der Waals surface area contributed by atoms with Crippen molar-refractivity contribution in [1.82, 2.24) is 0 Å². The molecule has 0 saturated heterocycles. The van der Waals surface area contributed by atoms with Gasteiger partial charge < -0.3 is 9.47 Å². The second kappa shape index (κ2) is 4.96. The Morgan fingerprint density at radius 1 is 1.25 bits per heavy atom. The molecule has 0 heterocycles. The summed E-state index contributed by atoms with van der Waals surface area (Å²) >= 11 is 7.13. The van der Waals surface area contributed by atoms with Crippen molar-refractivity contribution < 1.29 is 9.47 Å². The lowest BCUT2D eigenvalue weighted by Gasteiger charge is -2.11. The average molecular weight is 350 g/mol. The van der Waals surface area contributed by atoms with Crippen molar-refractivity contribution in [3.05, 3.63) is 22.2 Å². The first-order valence-corrected chi connectivity index (χ1v) is 7.10. The van der Waals surface area contributed by atoms with Crippen LogP contribution in [0.1, 0.15) is 17.9 Å². The van der Waals surface area contributed by atoms with Crippen molar-refractivity contribution in [3.8, 4) is 11.5 Å². The molecule has 0 N–H and O–H groups in total. The van der Waals surface area contributed by atoms with Gasteiger partial charge in [0.05, 0.1) is 14.2 Å². The molecule has 16 heavy (non-hydrogen) atoms. The molecule has 1 fully saturated rings. The van der Waals surface area contributed by atoms with Gasteiger partial charge in [-0.2, -0.15) is 0 Å². The maximum Gasteiger partial charge on any atom is 0.161 e. The molecule has 0 spiro atoms. The van der Waals surface area contributed by atoms with E-state index in [0.29, 0.717) is 5.92 Å². The first-order chi connectivity index (χ1) is 7.71. The van der Waals surface area contributed by atoms with Crippen molar-refractivity contribution in [2.24, 2.45) is 5.92 Å². The first-order valence-electron chi connectivity index (χ1n) is 5.18. The van der Waals surface area contributed by atoms with Gasteiger partial charge in [0, 0.05) is 9.80 Å². The first kappa shape index (κ1) is 12.2. The Bertz CT molecular complexity index is 393. The molecular formula is C12H14Br2O2. The second-order valence-electron chi connectivity index (χ2n) is 3.99. The van der Waals surface area contributed by atoms with Gasteiger partial charge in [0.25, 0.3) is 0 Å². The molecule has 2 nitrogen and oxygen atoms in total. The molecule has 88 valence electrons. The third-order valence-electron chi connectivity index (χ3n) is 3.02. The van der Waals surface area contributed by atoms with Gasteiger partial charge in [-0.3, -0.25) is 0 Å². The van der Waals surface area contributed by atoms with E-state index in [1.807, 2.05) is 6.07 Å². The second-order valence-corrected chi connectivity index (χ2v) is 5.49. The maximum atomic E-state index is 5.32. The van der Waals surface area contributed by atoms with Gasteiger partial charge in [-0.05, 0) is 36.0 Å². The molecule has 2 unspecified atom stereocenters. The van der Waals surface area contributed by atoms with E-state index in [2.05, 4.69) is 37.9 Å². The molecule has 0 bridgehead atoms. The van der Waals surface area contributed by atoms with Crippen LogP contribution in [0.4, 0.5) is 0 Å². The van der Waals surface area contributed by atoms with Crippen LogP contribution in [-0.4, -0.2) is 19.5 Å². The molecule has 1 aliphatic rings. The van der Waals surface area contributed by atoms with Gasteiger partial charge in [-0.1, -0.05) is 31.9 Å². The lowest BCUT2D eigenvalue weighted by atomic mass is 10.1. The molecule has 4 heteroatoms. The van der Waals surface area contributed by atoms with E-state index in [1.165, 1.54) is 12.0 Å². The van der Waals surface area contributed by atoms with Crippen LogP contribution in [-0.2, 0) is 0 Å². The van der Waals surface area contributed by atoms with Gasteiger partial charge in [0.2, 0.25) is 0 Å². The van der Waals surface area contributed by atoms with E-state index in [1.54, 1.807) is 14.2 Å². The number of alkyl halides is 1. The summed E-state index contributed by atoms with van der Waals surface area (Å²) in [5.41, 5.74) is 1.32. The molecule has 0 aromatic heterocycles. The largest absolute Gasteiger partial charge is 0.493 e. The summed E-state index contributed by atoms with van der Waals surface area (Å²) in [5.74, 6) is 2.98. The van der Waals surface area contributed by atoms with E-state index in [-0.39, 0.29) is 0 Å². The van der Waals surface area contributed by atoms with E-state index in [9.17, 15) is 0 Å². The van der Waals surface area contributed by atoms with Crippen LogP contribution in [0.5, 0.6) is 11.5 Å². The molecule has 2 rings (SSSR count). The molecular weight excluding hydrogens is 336 g/mol. The minimum Gasteiger partial charge on any atom is -0.493 e. The monoisotopic (exact) mass is 348 g/mol. The van der Waals surface area contributed by atoms with Crippen molar-refractivity contribution in [2.75, 3.05) is 19.5 Å². The van der Waals surface area contributed by atoms with Crippen LogP contribution in [0.15, 0.2) is 16.6 Å². The highest BCUT2D eigenvalue weighted by Crippen LogP contribution is 2.52.